The fourth-order valence-electron chi connectivity index (χ4n) is 1.86. The van der Waals surface area contributed by atoms with Crippen LogP contribution in [0.1, 0.15) is 39.7 Å². The van der Waals surface area contributed by atoms with E-state index in [-0.39, 0.29) is 5.91 Å². The number of benzene rings is 1. The minimum absolute atomic E-state index is 0.0694. The predicted octanol–water partition coefficient (Wildman–Crippen LogP) is 2.73. The number of amides is 1. The van der Waals surface area contributed by atoms with Crippen LogP contribution in [0.5, 0.6) is 5.75 Å². The van der Waals surface area contributed by atoms with E-state index in [0.29, 0.717) is 12.5 Å². The third-order valence-corrected chi connectivity index (χ3v) is 3.07. The van der Waals surface area contributed by atoms with Crippen LogP contribution >= 0.6 is 0 Å². The first-order valence-electron chi connectivity index (χ1n) is 7.77. The van der Waals surface area contributed by atoms with E-state index in [0.717, 1.165) is 30.8 Å². The molecule has 1 aromatic carbocycles. The van der Waals surface area contributed by atoms with Gasteiger partial charge in [0.15, 0.2) is 6.10 Å². The van der Waals surface area contributed by atoms with E-state index in [1.54, 1.807) is 6.92 Å². The summed E-state index contributed by atoms with van der Waals surface area (Å²) in [6.45, 7) is 10.5. The van der Waals surface area contributed by atoms with Crippen molar-refractivity contribution in [3.8, 4) is 5.75 Å². The van der Waals surface area contributed by atoms with Gasteiger partial charge in [-0.25, -0.2) is 0 Å². The van der Waals surface area contributed by atoms with Crippen molar-refractivity contribution in [2.75, 3.05) is 13.1 Å². The van der Waals surface area contributed by atoms with Gasteiger partial charge in [0.2, 0.25) is 0 Å². The standard InChI is InChI=1S/C17H28N2O2/c1-5-10-18-12-15-8-6-7-9-16(15)21-14(4)17(20)19-11-13(2)3/h6-9,13-14,18H,5,10-12H2,1-4H3,(H,19,20). The van der Waals surface area contributed by atoms with Gasteiger partial charge in [0.1, 0.15) is 5.75 Å². The minimum Gasteiger partial charge on any atom is -0.481 e. The van der Waals surface area contributed by atoms with Gasteiger partial charge in [-0.05, 0) is 31.9 Å². The van der Waals surface area contributed by atoms with Gasteiger partial charge >= 0.3 is 0 Å². The molecule has 1 aromatic rings. The first-order valence-corrected chi connectivity index (χ1v) is 7.77. The van der Waals surface area contributed by atoms with E-state index in [4.69, 9.17) is 4.74 Å². The van der Waals surface area contributed by atoms with Crippen LogP contribution in [-0.4, -0.2) is 25.1 Å². The molecule has 0 aliphatic rings. The van der Waals surface area contributed by atoms with Gasteiger partial charge in [-0.1, -0.05) is 39.0 Å². The lowest BCUT2D eigenvalue weighted by Gasteiger charge is -2.18. The smallest absolute Gasteiger partial charge is 0.260 e. The van der Waals surface area contributed by atoms with Crippen molar-refractivity contribution in [1.29, 1.82) is 0 Å². The lowest BCUT2D eigenvalue weighted by atomic mass is 10.2. The molecule has 0 saturated heterocycles. The van der Waals surface area contributed by atoms with Crippen molar-refractivity contribution in [3.63, 3.8) is 0 Å². The average Bonchev–Trinajstić information content (AvgIpc) is 2.46. The number of rotatable bonds is 9. The molecule has 21 heavy (non-hydrogen) atoms. The Morgan fingerprint density at radius 1 is 1.24 bits per heavy atom. The van der Waals surface area contributed by atoms with Crippen molar-refractivity contribution < 1.29 is 9.53 Å². The number of nitrogens with one attached hydrogen (secondary N) is 2. The summed E-state index contributed by atoms with van der Waals surface area (Å²) in [6.07, 6.45) is 0.605. The fraction of sp³-hybridized carbons (Fsp3) is 0.588. The topological polar surface area (TPSA) is 50.4 Å². The first-order chi connectivity index (χ1) is 10.0. The van der Waals surface area contributed by atoms with Crippen LogP contribution in [-0.2, 0) is 11.3 Å². The number of carbonyl (C=O) groups is 1. The third kappa shape index (κ3) is 6.63. The maximum atomic E-state index is 12.0. The largest absolute Gasteiger partial charge is 0.481 e. The van der Waals surface area contributed by atoms with Crippen LogP contribution in [0.15, 0.2) is 24.3 Å². The molecule has 0 saturated carbocycles. The molecule has 1 amide bonds. The summed E-state index contributed by atoms with van der Waals surface area (Å²) in [5.74, 6) is 1.14. The van der Waals surface area contributed by atoms with Gasteiger partial charge < -0.3 is 15.4 Å². The Labute approximate surface area is 128 Å². The molecule has 0 aliphatic heterocycles. The molecule has 0 heterocycles. The van der Waals surface area contributed by atoms with Crippen LogP contribution < -0.4 is 15.4 Å². The number of carbonyl (C=O) groups excluding carboxylic acids is 1. The van der Waals surface area contributed by atoms with E-state index in [9.17, 15) is 4.79 Å². The Kier molecular flexibility index (Phi) is 7.83. The van der Waals surface area contributed by atoms with Crippen LogP contribution in [0.4, 0.5) is 0 Å². The molecule has 0 spiro atoms. The second-order valence-electron chi connectivity index (χ2n) is 5.68. The highest BCUT2D eigenvalue weighted by Crippen LogP contribution is 2.19. The van der Waals surface area contributed by atoms with Gasteiger partial charge in [0, 0.05) is 18.7 Å². The zero-order valence-electron chi connectivity index (χ0n) is 13.6. The molecule has 0 radical (unpaired) electrons. The van der Waals surface area contributed by atoms with E-state index < -0.39 is 6.10 Å². The maximum Gasteiger partial charge on any atom is 0.260 e. The zero-order chi connectivity index (χ0) is 15.7. The molecular formula is C17H28N2O2. The van der Waals surface area contributed by atoms with Crippen LogP contribution in [0.2, 0.25) is 0 Å². The van der Waals surface area contributed by atoms with Gasteiger partial charge in [-0.15, -0.1) is 0 Å². The van der Waals surface area contributed by atoms with Crippen molar-refractivity contribution in [2.45, 2.75) is 46.8 Å². The van der Waals surface area contributed by atoms with Gasteiger partial charge in [0.25, 0.3) is 5.91 Å². The molecule has 0 fully saturated rings. The van der Waals surface area contributed by atoms with E-state index >= 15 is 0 Å². The fourth-order valence-corrected chi connectivity index (χ4v) is 1.86. The summed E-state index contributed by atoms with van der Waals surface area (Å²) in [4.78, 5) is 12.0. The lowest BCUT2D eigenvalue weighted by molar-refractivity contribution is -0.127. The van der Waals surface area contributed by atoms with Crippen molar-refractivity contribution in [1.82, 2.24) is 10.6 Å². The van der Waals surface area contributed by atoms with E-state index in [2.05, 4.69) is 31.4 Å². The number of hydrogen-bond donors (Lipinski definition) is 2. The molecular weight excluding hydrogens is 264 g/mol. The number of hydrogen-bond acceptors (Lipinski definition) is 3. The maximum absolute atomic E-state index is 12.0. The molecule has 1 atom stereocenters. The summed E-state index contributed by atoms with van der Waals surface area (Å²) >= 11 is 0. The first kappa shape index (κ1) is 17.5. The molecule has 0 aliphatic carbocycles. The second kappa shape index (κ2) is 9.40. The van der Waals surface area contributed by atoms with Crippen molar-refractivity contribution in [3.05, 3.63) is 29.8 Å². The zero-order valence-corrected chi connectivity index (χ0v) is 13.6. The van der Waals surface area contributed by atoms with Crippen molar-refractivity contribution >= 4 is 5.91 Å². The summed E-state index contributed by atoms with van der Waals surface area (Å²) in [5, 5.41) is 6.25. The van der Waals surface area contributed by atoms with Crippen LogP contribution in [0, 0.1) is 5.92 Å². The average molecular weight is 292 g/mol. The Balaban J connectivity index is 2.58. The molecule has 1 unspecified atom stereocenters. The highest BCUT2D eigenvalue weighted by Gasteiger charge is 2.16. The monoisotopic (exact) mass is 292 g/mol. The highest BCUT2D eigenvalue weighted by atomic mass is 16.5. The molecule has 4 heteroatoms. The molecule has 118 valence electrons. The summed E-state index contributed by atoms with van der Waals surface area (Å²) in [7, 11) is 0. The number of ether oxygens (including phenoxy) is 1. The van der Waals surface area contributed by atoms with Gasteiger partial charge in [-0.2, -0.15) is 0 Å². The van der Waals surface area contributed by atoms with Crippen LogP contribution in [0.25, 0.3) is 0 Å². The normalized spacial score (nSPS) is 12.2. The molecule has 2 N–H and O–H groups in total. The second-order valence-corrected chi connectivity index (χ2v) is 5.68. The minimum atomic E-state index is -0.490. The Bertz CT molecular complexity index is 433. The summed E-state index contributed by atoms with van der Waals surface area (Å²) in [5.41, 5.74) is 1.08. The van der Waals surface area contributed by atoms with E-state index in [1.807, 2.05) is 24.3 Å². The highest BCUT2D eigenvalue weighted by molar-refractivity contribution is 5.80. The summed E-state index contributed by atoms with van der Waals surface area (Å²) < 4.78 is 5.82. The van der Waals surface area contributed by atoms with Crippen molar-refractivity contribution in [2.24, 2.45) is 5.92 Å². The number of para-hydroxylation sites is 1. The Morgan fingerprint density at radius 2 is 1.95 bits per heavy atom. The molecule has 0 bridgehead atoms. The van der Waals surface area contributed by atoms with E-state index in [1.165, 1.54) is 0 Å². The SMILES string of the molecule is CCCNCc1ccccc1OC(C)C(=O)NCC(C)C. The predicted molar refractivity (Wildman–Crippen MR) is 86.4 cm³/mol. The Morgan fingerprint density at radius 3 is 2.62 bits per heavy atom. The van der Waals surface area contributed by atoms with Gasteiger partial charge in [-0.3, -0.25) is 4.79 Å². The summed E-state index contributed by atoms with van der Waals surface area (Å²) in [6, 6.07) is 7.85. The Hall–Kier alpha value is -1.55. The third-order valence-electron chi connectivity index (χ3n) is 3.07. The lowest BCUT2D eigenvalue weighted by Crippen LogP contribution is -2.38. The quantitative estimate of drug-likeness (QED) is 0.688. The molecule has 1 rings (SSSR count). The molecule has 0 aromatic heterocycles. The van der Waals surface area contributed by atoms with Gasteiger partial charge in [0.05, 0.1) is 0 Å². The molecule has 4 nitrogen and oxygen atoms in total. The van der Waals surface area contributed by atoms with Crippen LogP contribution in [0.3, 0.4) is 0 Å².